The van der Waals surface area contributed by atoms with Crippen molar-refractivity contribution >= 4 is 44.7 Å². The summed E-state index contributed by atoms with van der Waals surface area (Å²) in [5.41, 5.74) is 1.93. The van der Waals surface area contributed by atoms with Gasteiger partial charge in [-0.1, -0.05) is 11.6 Å². The van der Waals surface area contributed by atoms with E-state index in [-0.39, 0.29) is 5.91 Å². The van der Waals surface area contributed by atoms with Crippen molar-refractivity contribution in [1.29, 1.82) is 0 Å². The smallest absolute Gasteiger partial charge is 0.282 e. The Bertz CT molecular complexity index is 934. The molecule has 1 fully saturated rings. The van der Waals surface area contributed by atoms with Crippen molar-refractivity contribution in [2.24, 2.45) is 0 Å². The number of carbonyl (C=O) groups excluding carboxylic acids is 1. The summed E-state index contributed by atoms with van der Waals surface area (Å²) >= 11 is 7.43. The van der Waals surface area contributed by atoms with Gasteiger partial charge in [0.2, 0.25) is 0 Å². The molecular weight excluding hydrogens is 370 g/mol. The van der Waals surface area contributed by atoms with Gasteiger partial charge in [0.1, 0.15) is 5.75 Å². The summed E-state index contributed by atoms with van der Waals surface area (Å²) in [6, 6.07) is 13.5. The Morgan fingerprint density at radius 2 is 1.85 bits per heavy atom. The standard InChI is InChI=1S/C19H18ClN3O2S/c1-25-15-5-3-14(4-6-15)22-8-10-23(11-9-22)19(24)18-21-16-12-13(20)2-7-17(16)26-18/h2-7,12H,8-11H2,1H3. The van der Waals surface area contributed by atoms with Crippen molar-refractivity contribution < 1.29 is 9.53 Å². The summed E-state index contributed by atoms with van der Waals surface area (Å²) in [5.74, 6) is 0.843. The third kappa shape index (κ3) is 3.34. The summed E-state index contributed by atoms with van der Waals surface area (Å²) in [6.45, 7) is 2.96. The molecule has 1 aromatic heterocycles. The Morgan fingerprint density at radius 3 is 2.54 bits per heavy atom. The second-order valence-electron chi connectivity index (χ2n) is 6.11. The van der Waals surface area contributed by atoms with Gasteiger partial charge >= 0.3 is 0 Å². The Hall–Kier alpha value is -2.31. The Morgan fingerprint density at radius 1 is 1.12 bits per heavy atom. The zero-order valence-corrected chi connectivity index (χ0v) is 15.9. The van der Waals surface area contributed by atoms with E-state index in [0.717, 1.165) is 34.7 Å². The molecule has 0 unspecified atom stereocenters. The first-order chi connectivity index (χ1) is 12.6. The van der Waals surface area contributed by atoms with Crippen molar-refractivity contribution in [1.82, 2.24) is 9.88 Å². The van der Waals surface area contributed by atoms with Gasteiger partial charge in [0.15, 0.2) is 5.01 Å². The van der Waals surface area contributed by atoms with Gasteiger partial charge < -0.3 is 14.5 Å². The van der Waals surface area contributed by atoms with Crippen LogP contribution in [0.5, 0.6) is 5.75 Å². The number of nitrogens with zero attached hydrogens (tertiary/aromatic N) is 3. The highest BCUT2D eigenvalue weighted by molar-refractivity contribution is 7.20. The third-order valence-electron chi connectivity index (χ3n) is 4.54. The van der Waals surface area contributed by atoms with Crippen LogP contribution in [0.15, 0.2) is 42.5 Å². The highest BCUT2D eigenvalue weighted by Gasteiger charge is 2.24. The molecule has 0 bridgehead atoms. The van der Waals surface area contributed by atoms with Crippen LogP contribution in [0.2, 0.25) is 5.02 Å². The number of thiazole rings is 1. The molecule has 7 heteroatoms. The van der Waals surface area contributed by atoms with Crippen molar-refractivity contribution in [3.63, 3.8) is 0 Å². The normalized spacial score (nSPS) is 14.7. The van der Waals surface area contributed by atoms with E-state index in [1.807, 2.05) is 41.3 Å². The van der Waals surface area contributed by atoms with Gasteiger partial charge in [0, 0.05) is 36.9 Å². The molecule has 26 heavy (non-hydrogen) atoms. The van der Waals surface area contributed by atoms with Gasteiger partial charge in [-0.3, -0.25) is 4.79 Å². The van der Waals surface area contributed by atoms with Crippen molar-refractivity contribution in [2.75, 3.05) is 38.2 Å². The van der Waals surface area contributed by atoms with Crippen LogP contribution < -0.4 is 9.64 Å². The summed E-state index contributed by atoms with van der Waals surface area (Å²) < 4.78 is 6.18. The first-order valence-corrected chi connectivity index (χ1v) is 9.58. The van der Waals surface area contributed by atoms with E-state index in [1.54, 1.807) is 13.2 Å². The topological polar surface area (TPSA) is 45.7 Å². The van der Waals surface area contributed by atoms with Crippen LogP contribution in [0.3, 0.4) is 0 Å². The van der Waals surface area contributed by atoms with Crippen molar-refractivity contribution in [3.8, 4) is 5.75 Å². The molecule has 3 aromatic rings. The first-order valence-electron chi connectivity index (χ1n) is 8.38. The minimum absolute atomic E-state index is 0.00305. The maximum absolute atomic E-state index is 12.8. The molecule has 0 atom stereocenters. The van der Waals surface area contributed by atoms with E-state index in [9.17, 15) is 4.79 Å². The molecule has 1 amide bonds. The molecule has 0 spiro atoms. The van der Waals surface area contributed by atoms with Crippen LogP contribution in [0.4, 0.5) is 5.69 Å². The fraction of sp³-hybridized carbons (Fsp3) is 0.263. The molecule has 2 aromatic carbocycles. The highest BCUT2D eigenvalue weighted by Crippen LogP contribution is 2.26. The Kier molecular flexibility index (Phi) is 4.70. The predicted molar refractivity (Wildman–Crippen MR) is 106 cm³/mol. The number of fused-ring (bicyclic) bond motifs is 1. The van der Waals surface area contributed by atoms with E-state index < -0.39 is 0 Å². The lowest BCUT2D eigenvalue weighted by Gasteiger charge is -2.35. The zero-order valence-electron chi connectivity index (χ0n) is 14.3. The van der Waals surface area contributed by atoms with Gasteiger partial charge in [0.05, 0.1) is 17.3 Å². The number of halogens is 1. The SMILES string of the molecule is COc1ccc(N2CCN(C(=O)c3nc4cc(Cl)ccc4s3)CC2)cc1. The lowest BCUT2D eigenvalue weighted by molar-refractivity contribution is 0.0746. The molecule has 2 heterocycles. The lowest BCUT2D eigenvalue weighted by atomic mass is 10.2. The van der Waals surface area contributed by atoms with Gasteiger partial charge in [-0.25, -0.2) is 4.98 Å². The van der Waals surface area contributed by atoms with Crippen molar-refractivity contribution in [2.45, 2.75) is 0 Å². The van der Waals surface area contributed by atoms with Crippen LogP contribution in [0.25, 0.3) is 10.2 Å². The minimum Gasteiger partial charge on any atom is -0.497 e. The zero-order chi connectivity index (χ0) is 18.1. The second-order valence-corrected chi connectivity index (χ2v) is 7.58. The van der Waals surface area contributed by atoms with Gasteiger partial charge in [-0.15, -0.1) is 11.3 Å². The highest BCUT2D eigenvalue weighted by atomic mass is 35.5. The number of piperazine rings is 1. The maximum atomic E-state index is 12.8. The number of hydrogen-bond donors (Lipinski definition) is 0. The Balaban J connectivity index is 1.43. The van der Waals surface area contributed by atoms with Crippen molar-refractivity contribution in [3.05, 3.63) is 52.5 Å². The van der Waals surface area contributed by atoms with Crippen LogP contribution in [0, 0.1) is 0 Å². The minimum atomic E-state index is -0.00305. The molecule has 0 radical (unpaired) electrons. The van der Waals surface area contributed by atoms with Gasteiger partial charge in [-0.05, 0) is 42.5 Å². The molecule has 1 aliphatic rings. The summed E-state index contributed by atoms with van der Waals surface area (Å²) in [6.07, 6.45) is 0. The molecule has 0 saturated carbocycles. The Labute approximate surface area is 160 Å². The number of rotatable bonds is 3. The van der Waals surface area contributed by atoms with Gasteiger partial charge in [0.25, 0.3) is 5.91 Å². The molecule has 5 nitrogen and oxygen atoms in total. The van der Waals surface area contributed by atoms with Crippen LogP contribution >= 0.6 is 22.9 Å². The monoisotopic (exact) mass is 387 g/mol. The molecule has 1 saturated heterocycles. The van der Waals surface area contributed by atoms with Crippen LogP contribution in [-0.2, 0) is 0 Å². The largest absolute Gasteiger partial charge is 0.497 e. The van der Waals surface area contributed by atoms with E-state index in [4.69, 9.17) is 16.3 Å². The fourth-order valence-electron chi connectivity index (χ4n) is 3.09. The van der Waals surface area contributed by atoms with E-state index in [1.165, 1.54) is 11.3 Å². The van der Waals surface area contributed by atoms with E-state index in [2.05, 4.69) is 9.88 Å². The summed E-state index contributed by atoms with van der Waals surface area (Å²) in [5, 5.41) is 1.16. The molecule has 134 valence electrons. The number of anilines is 1. The fourth-order valence-corrected chi connectivity index (χ4v) is 4.17. The summed E-state index contributed by atoms with van der Waals surface area (Å²) in [7, 11) is 1.66. The number of hydrogen-bond acceptors (Lipinski definition) is 5. The number of ether oxygens (including phenoxy) is 1. The number of aromatic nitrogens is 1. The average molecular weight is 388 g/mol. The third-order valence-corrected chi connectivity index (χ3v) is 5.80. The summed E-state index contributed by atoms with van der Waals surface area (Å²) in [4.78, 5) is 21.4. The van der Waals surface area contributed by atoms with Crippen LogP contribution in [0.1, 0.15) is 9.80 Å². The maximum Gasteiger partial charge on any atom is 0.282 e. The van der Waals surface area contributed by atoms with Gasteiger partial charge in [-0.2, -0.15) is 0 Å². The number of amides is 1. The molecular formula is C19H18ClN3O2S. The molecule has 1 aliphatic heterocycles. The quantitative estimate of drug-likeness (QED) is 0.683. The second kappa shape index (κ2) is 7.13. The number of methoxy groups -OCH3 is 1. The van der Waals surface area contributed by atoms with Crippen LogP contribution in [-0.4, -0.2) is 49.1 Å². The van der Waals surface area contributed by atoms with E-state index >= 15 is 0 Å². The molecule has 0 N–H and O–H groups in total. The molecule has 4 rings (SSSR count). The number of benzene rings is 2. The van der Waals surface area contributed by atoms with E-state index in [0.29, 0.717) is 23.1 Å². The number of carbonyl (C=O) groups is 1. The molecule has 0 aliphatic carbocycles. The predicted octanol–water partition coefficient (Wildman–Crippen LogP) is 3.92. The lowest BCUT2D eigenvalue weighted by Crippen LogP contribution is -2.48. The first kappa shape index (κ1) is 17.1. The average Bonchev–Trinajstić information content (AvgIpc) is 3.11.